The van der Waals surface area contributed by atoms with Gasteiger partial charge < -0.3 is 4.98 Å². The van der Waals surface area contributed by atoms with Crippen LogP contribution in [0.2, 0.25) is 0 Å². The molecule has 7 heteroatoms. The average Bonchev–Trinajstić information content (AvgIpc) is 3.07. The first-order chi connectivity index (χ1) is 11.2. The molecule has 1 unspecified atom stereocenters. The van der Waals surface area contributed by atoms with Crippen LogP contribution in [0, 0.1) is 5.92 Å². The summed E-state index contributed by atoms with van der Waals surface area (Å²) in [4.78, 5) is 11.6. The number of allylic oxidation sites excluding steroid dienone is 1. The zero-order chi connectivity index (χ0) is 15.8. The Morgan fingerprint density at radius 2 is 2.26 bits per heavy atom. The Balaban J connectivity index is 1.68. The first-order valence-corrected chi connectivity index (χ1v) is 7.56. The molecule has 1 fully saturated rings. The number of hydrogen-bond acceptors (Lipinski definition) is 3. The van der Waals surface area contributed by atoms with Crippen LogP contribution in [0.15, 0.2) is 43.1 Å². The van der Waals surface area contributed by atoms with Gasteiger partial charge in [0.25, 0.3) is 6.08 Å². The third kappa shape index (κ3) is 2.74. The quantitative estimate of drug-likeness (QED) is 0.775. The summed E-state index contributed by atoms with van der Waals surface area (Å²) in [6.07, 6.45) is 8.74. The van der Waals surface area contributed by atoms with Crippen molar-refractivity contribution in [2.75, 3.05) is 0 Å². The molecule has 0 aromatic carbocycles. The maximum atomic E-state index is 12.4. The van der Waals surface area contributed by atoms with Crippen LogP contribution in [0.25, 0.3) is 22.3 Å². The van der Waals surface area contributed by atoms with E-state index < -0.39 is 6.08 Å². The fourth-order valence-electron chi connectivity index (χ4n) is 2.95. The number of rotatable bonds is 5. The molecule has 1 N–H and O–H groups in total. The molecule has 5 nitrogen and oxygen atoms in total. The van der Waals surface area contributed by atoms with Crippen molar-refractivity contribution in [2.45, 2.75) is 25.3 Å². The van der Waals surface area contributed by atoms with Crippen molar-refractivity contribution in [3.05, 3.63) is 43.1 Å². The number of hydrogen-bond donors (Lipinski definition) is 1. The lowest BCUT2D eigenvalue weighted by molar-refractivity contribution is 0.383. The highest BCUT2D eigenvalue weighted by Crippen LogP contribution is 2.42. The molecule has 118 valence electrons. The monoisotopic (exact) mass is 315 g/mol. The van der Waals surface area contributed by atoms with Gasteiger partial charge in [-0.25, -0.2) is 9.97 Å². The molecule has 23 heavy (non-hydrogen) atoms. The molecule has 0 amide bonds. The second-order valence-corrected chi connectivity index (χ2v) is 5.81. The van der Waals surface area contributed by atoms with Crippen molar-refractivity contribution in [3.8, 4) is 11.3 Å². The van der Waals surface area contributed by atoms with Crippen LogP contribution < -0.4 is 0 Å². The van der Waals surface area contributed by atoms with Crippen LogP contribution >= 0.6 is 0 Å². The highest BCUT2D eigenvalue weighted by molar-refractivity contribution is 5.89. The van der Waals surface area contributed by atoms with Gasteiger partial charge in [-0.05, 0) is 37.3 Å². The summed E-state index contributed by atoms with van der Waals surface area (Å²) >= 11 is 0. The van der Waals surface area contributed by atoms with E-state index in [1.165, 1.54) is 6.33 Å². The number of fused-ring (bicyclic) bond motifs is 1. The number of aromatic amines is 1. The van der Waals surface area contributed by atoms with Gasteiger partial charge >= 0.3 is 0 Å². The molecule has 1 aliphatic rings. The third-order valence-electron chi connectivity index (χ3n) is 4.25. The van der Waals surface area contributed by atoms with Gasteiger partial charge in [-0.3, -0.25) is 4.68 Å². The predicted octanol–water partition coefficient (Wildman–Crippen LogP) is 3.94. The molecule has 0 aliphatic heterocycles. The van der Waals surface area contributed by atoms with E-state index in [0.717, 1.165) is 41.2 Å². The highest BCUT2D eigenvalue weighted by atomic mass is 19.3. The Bertz CT molecular complexity index is 858. The maximum absolute atomic E-state index is 12.4. The minimum atomic E-state index is -1.63. The van der Waals surface area contributed by atoms with Crippen LogP contribution in [0.5, 0.6) is 0 Å². The minimum absolute atomic E-state index is 0.0196. The number of H-pyrrole nitrogens is 1. The number of aromatic nitrogens is 5. The summed E-state index contributed by atoms with van der Waals surface area (Å²) in [5, 5.41) is 5.32. The van der Waals surface area contributed by atoms with E-state index in [2.05, 4.69) is 20.1 Å². The molecule has 0 spiro atoms. The van der Waals surface area contributed by atoms with Crippen molar-refractivity contribution in [3.63, 3.8) is 0 Å². The molecular weight excluding hydrogens is 300 g/mol. The summed E-state index contributed by atoms with van der Waals surface area (Å²) in [5.41, 5.74) is 2.43. The summed E-state index contributed by atoms with van der Waals surface area (Å²) in [7, 11) is 0. The van der Waals surface area contributed by atoms with E-state index >= 15 is 0 Å². The van der Waals surface area contributed by atoms with Gasteiger partial charge in [0.2, 0.25) is 0 Å². The summed E-state index contributed by atoms with van der Waals surface area (Å²) < 4.78 is 26.6. The Morgan fingerprint density at radius 1 is 1.39 bits per heavy atom. The van der Waals surface area contributed by atoms with Gasteiger partial charge in [-0.15, -0.1) is 0 Å². The van der Waals surface area contributed by atoms with Crippen LogP contribution in [-0.4, -0.2) is 24.7 Å². The molecule has 0 bridgehead atoms. The minimum Gasteiger partial charge on any atom is -0.346 e. The normalized spacial score (nSPS) is 15.7. The van der Waals surface area contributed by atoms with Gasteiger partial charge in [0, 0.05) is 23.3 Å². The Labute approximate surface area is 131 Å². The molecule has 1 saturated carbocycles. The van der Waals surface area contributed by atoms with Crippen LogP contribution in [-0.2, 0) is 0 Å². The van der Waals surface area contributed by atoms with Crippen molar-refractivity contribution in [2.24, 2.45) is 5.92 Å². The topological polar surface area (TPSA) is 59.4 Å². The smallest absolute Gasteiger partial charge is 0.266 e. The van der Waals surface area contributed by atoms with E-state index in [1.54, 1.807) is 10.9 Å². The van der Waals surface area contributed by atoms with Gasteiger partial charge in [-0.1, -0.05) is 0 Å². The SMILES string of the molecule is FC(F)=CCC(C1CC1)n1cc(-c2ncnc3[nH]ccc23)cn1. The molecule has 1 aliphatic carbocycles. The standard InChI is InChI=1S/C16H15F2N5/c17-14(18)4-3-13(10-1-2-10)23-8-11(7-22-23)15-12-5-6-19-16(12)21-9-20-15/h4-10,13H,1-3H2,(H,19,20,21). The molecule has 3 aromatic rings. The first-order valence-electron chi connectivity index (χ1n) is 7.56. The van der Waals surface area contributed by atoms with Crippen LogP contribution in [0.3, 0.4) is 0 Å². The van der Waals surface area contributed by atoms with E-state index in [1.807, 2.05) is 18.5 Å². The summed E-state index contributed by atoms with van der Waals surface area (Å²) in [5.74, 6) is 0.427. The highest BCUT2D eigenvalue weighted by Gasteiger charge is 2.32. The van der Waals surface area contributed by atoms with E-state index in [0.29, 0.717) is 12.3 Å². The maximum Gasteiger partial charge on any atom is 0.266 e. The number of halogens is 2. The van der Waals surface area contributed by atoms with E-state index in [-0.39, 0.29) is 6.04 Å². The first kappa shape index (κ1) is 14.0. The molecule has 1 atom stereocenters. The van der Waals surface area contributed by atoms with E-state index in [9.17, 15) is 8.78 Å². The molecule has 3 aromatic heterocycles. The summed E-state index contributed by atoms with van der Waals surface area (Å²) in [6.45, 7) is 0. The van der Waals surface area contributed by atoms with Gasteiger partial charge in [-0.2, -0.15) is 13.9 Å². The molecular formula is C16H15F2N5. The Morgan fingerprint density at radius 3 is 3.04 bits per heavy atom. The number of nitrogens with one attached hydrogen (secondary N) is 1. The van der Waals surface area contributed by atoms with Crippen molar-refractivity contribution in [1.29, 1.82) is 0 Å². The zero-order valence-corrected chi connectivity index (χ0v) is 12.3. The summed E-state index contributed by atoms with van der Waals surface area (Å²) in [6, 6.07) is 1.90. The fourth-order valence-corrected chi connectivity index (χ4v) is 2.95. The largest absolute Gasteiger partial charge is 0.346 e. The molecule has 0 radical (unpaired) electrons. The number of nitrogens with zero attached hydrogens (tertiary/aromatic N) is 4. The lowest BCUT2D eigenvalue weighted by Crippen LogP contribution is -2.11. The Hall–Kier alpha value is -2.57. The van der Waals surface area contributed by atoms with E-state index in [4.69, 9.17) is 0 Å². The van der Waals surface area contributed by atoms with Crippen molar-refractivity contribution in [1.82, 2.24) is 24.7 Å². The molecule has 4 rings (SSSR count). The van der Waals surface area contributed by atoms with Gasteiger partial charge in [0.05, 0.1) is 17.9 Å². The Kier molecular flexibility index (Phi) is 3.40. The van der Waals surface area contributed by atoms with Gasteiger partial charge in [0.1, 0.15) is 12.0 Å². The molecule has 0 saturated heterocycles. The average molecular weight is 315 g/mol. The lowest BCUT2D eigenvalue weighted by atomic mass is 10.1. The zero-order valence-electron chi connectivity index (χ0n) is 12.3. The van der Waals surface area contributed by atoms with Gasteiger partial charge in [0.15, 0.2) is 0 Å². The second-order valence-electron chi connectivity index (χ2n) is 5.81. The molecule has 3 heterocycles. The van der Waals surface area contributed by atoms with Crippen molar-refractivity contribution < 1.29 is 8.78 Å². The fraction of sp³-hybridized carbons (Fsp3) is 0.312. The third-order valence-corrected chi connectivity index (χ3v) is 4.25. The van der Waals surface area contributed by atoms with Crippen molar-refractivity contribution >= 4 is 11.0 Å². The van der Waals surface area contributed by atoms with Crippen LogP contribution in [0.1, 0.15) is 25.3 Å². The predicted molar refractivity (Wildman–Crippen MR) is 81.8 cm³/mol. The lowest BCUT2D eigenvalue weighted by Gasteiger charge is -2.14. The van der Waals surface area contributed by atoms with Crippen LogP contribution in [0.4, 0.5) is 8.78 Å². The second kappa shape index (κ2) is 5.57.